The maximum absolute atomic E-state index is 12.4. The Balaban J connectivity index is 1.99. The van der Waals surface area contributed by atoms with Gasteiger partial charge < -0.3 is 5.32 Å². The summed E-state index contributed by atoms with van der Waals surface area (Å²) >= 11 is 0. The number of nitrogens with one attached hydrogen (secondary N) is 1. The van der Waals surface area contributed by atoms with Crippen molar-refractivity contribution in [3.8, 4) is 0 Å². The Morgan fingerprint density at radius 1 is 1.40 bits per heavy atom. The molecule has 0 saturated carbocycles. The number of alkyl halides is 2. The topological polar surface area (TPSA) is 75.2 Å². The first-order chi connectivity index (χ1) is 9.36. The van der Waals surface area contributed by atoms with Crippen LogP contribution in [0.25, 0.3) is 0 Å². The molecule has 0 aromatic carbocycles. The lowest BCUT2D eigenvalue weighted by Crippen LogP contribution is -2.44. The van der Waals surface area contributed by atoms with Gasteiger partial charge in [-0.25, -0.2) is 31.5 Å². The molecule has 20 heavy (non-hydrogen) atoms. The molecule has 1 aliphatic rings. The molecule has 2 rings (SSSR count). The zero-order valence-corrected chi connectivity index (χ0v) is 11.8. The van der Waals surface area contributed by atoms with E-state index in [1.807, 2.05) is 0 Å². The van der Waals surface area contributed by atoms with Crippen molar-refractivity contribution in [3.05, 3.63) is 18.0 Å². The third-order valence-corrected chi connectivity index (χ3v) is 4.38. The third-order valence-electron chi connectivity index (χ3n) is 3.11. The molecule has 0 radical (unpaired) electrons. The number of anilines is 1. The van der Waals surface area contributed by atoms with Crippen molar-refractivity contribution >= 4 is 16.0 Å². The highest BCUT2D eigenvalue weighted by atomic mass is 32.2. The number of hydrogen-bond donors (Lipinski definition) is 1. The number of hydrogen-bond acceptors (Lipinski definition) is 5. The molecule has 1 unspecified atom stereocenters. The van der Waals surface area contributed by atoms with Crippen LogP contribution < -0.4 is 5.32 Å². The van der Waals surface area contributed by atoms with Crippen molar-refractivity contribution in [2.45, 2.75) is 25.3 Å². The normalized spacial score (nSPS) is 21.1. The lowest BCUT2D eigenvalue weighted by Gasteiger charge is -2.31. The predicted octanol–water partition coefficient (Wildman–Crippen LogP) is 1.25. The van der Waals surface area contributed by atoms with Gasteiger partial charge in [0.1, 0.15) is 0 Å². The summed E-state index contributed by atoms with van der Waals surface area (Å²) in [7, 11) is -3.22. The molecule has 2 heterocycles. The number of piperidine rings is 1. The Bertz CT molecular complexity index is 550. The highest BCUT2D eigenvalue weighted by molar-refractivity contribution is 7.88. The fourth-order valence-corrected chi connectivity index (χ4v) is 2.98. The Morgan fingerprint density at radius 2 is 2.05 bits per heavy atom. The number of rotatable bonds is 4. The first-order valence-corrected chi connectivity index (χ1v) is 8.03. The van der Waals surface area contributed by atoms with Gasteiger partial charge in [-0.05, 0) is 12.8 Å². The second kappa shape index (κ2) is 5.96. The molecule has 6 nitrogen and oxygen atoms in total. The van der Waals surface area contributed by atoms with Gasteiger partial charge in [0.25, 0.3) is 6.43 Å². The number of aromatic nitrogens is 2. The van der Waals surface area contributed by atoms with Crippen LogP contribution in [0.1, 0.15) is 24.8 Å². The summed E-state index contributed by atoms with van der Waals surface area (Å²) in [6.45, 7) is 0.834. The van der Waals surface area contributed by atoms with Crippen molar-refractivity contribution in [1.29, 1.82) is 0 Å². The molecule has 0 amide bonds. The van der Waals surface area contributed by atoms with E-state index in [-0.39, 0.29) is 17.6 Å². The summed E-state index contributed by atoms with van der Waals surface area (Å²) in [6, 6.07) is -0.115. The smallest absolute Gasteiger partial charge is 0.266 e. The van der Waals surface area contributed by atoms with Crippen LogP contribution in [0, 0.1) is 0 Å². The quantitative estimate of drug-likeness (QED) is 0.906. The molecule has 0 spiro atoms. The number of nitrogens with zero attached hydrogens (tertiary/aromatic N) is 3. The molecule has 9 heteroatoms. The van der Waals surface area contributed by atoms with E-state index in [1.54, 1.807) is 0 Å². The average Bonchev–Trinajstić information content (AvgIpc) is 2.38. The molecule has 0 bridgehead atoms. The molecule has 1 fully saturated rings. The molecule has 0 aliphatic carbocycles. The molecule has 1 N–H and O–H groups in total. The van der Waals surface area contributed by atoms with E-state index in [2.05, 4.69) is 15.3 Å². The maximum atomic E-state index is 12.4. The van der Waals surface area contributed by atoms with Gasteiger partial charge in [0.05, 0.1) is 11.8 Å². The van der Waals surface area contributed by atoms with Gasteiger partial charge in [-0.1, -0.05) is 0 Å². The van der Waals surface area contributed by atoms with E-state index in [0.29, 0.717) is 13.1 Å². The largest absolute Gasteiger partial charge is 0.350 e. The van der Waals surface area contributed by atoms with Crippen LogP contribution in [0.5, 0.6) is 0 Å². The minimum Gasteiger partial charge on any atom is -0.350 e. The van der Waals surface area contributed by atoms with Crippen molar-refractivity contribution in [3.63, 3.8) is 0 Å². The predicted molar refractivity (Wildman–Crippen MR) is 70.1 cm³/mol. The summed E-state index contributed by atoms with van der Waals surface area (Å²) in [4.78, 5) is 7.62. The number of halogens is 2. The van der Waals surface area contributed by atoms with Gasteiger partial charge in [0, 0.05) is 31.5 Å². The maximum Gasteiger partial charge on any atom is 0.266 e. The fraction of sp³-hybridized carbons (Fsp3) is 0.636. The summed E-state index contributed by atoms with van der Waals surface area (Å²) in [5.74, 6) is 0.231. The molecular weight excluding hydrogens is 290 g/mol. The highest BCUT2D eigenvalue weighted by Gasteiger charge is 2.26. The lowest BCUT2D eigenvalue weighted by molar-refractivity contribution is 0.150. The molecule has 1 aliphatic heterocycles. The molecule has 112 valence electrons. The standard InChI is InChI=1S/C11H16F2N4O2S/c1-20(18,19)17-4-2-3-9(7-17)16-11-14-5-8(6-15-11)10(12)13/h5-6,9-10H,2-4,7H2,1H3,(H,14,15,16). The summed E-state index contributed by atoms with van der Waals surface area (Å²) < 4.78 is 49.1. The van der Waals surface area contributed by atoms with Gasteiger partial charge in [-0.3, -0.25) is 0 Å². The van der Waals surface area contributed by atoms with Gasteiger partial charge in [0.2, 0.25) is 16.0 Å². The highest BCUT2D eigenvalue weighted by Crippen LogP contribution is 2.19. The molecule has 1 aromatic rings. The van der Waals surface area contributed by atoms with E-state index < -0.39 is 16.4 Å². The minimum atomic E-state index is -3.22. The molecule has 1 atom stereocenters. The Labute approximate surface area is 116 Å². The van der Waals surface area contributed by atoms with Crippen LogP contribution in [-0.4, -0.2) is 48.1 Å². The first-order valence-electron chi connectivity index (χ1n) is 6.18. The van der Waals surface area contributed by atoms with Gasteiger partial charge in [-0.2, -0.15) is 0 Å². The molecule has 1 aromatic heterocycles. The van der Waals surface area contributed by atoms with Crippen molar-refractivity contribution in [1.82, 2.24) is 14.3 Å². The molecule has 1 saturated heterocycles. The van der Waals surface area contributed by atoms with Crippen molar-refractivity contribution in [2.24, 2.45) is 0 Å². The summed E-state index contributed by atoms with van der Waals surface area (Å²) in [5, 5.41) is 2.98. The Kier molecular flexibility index (Phi) is 4.48. The second-order valence-electron chi connectivity index (χ2n) is 4.75. The van der Waals surface area contributed by atoms with Crippen LogP contribution in [0.4, 0.5) is 14.7 Å². The van der Waals surface area contributed by atoms with Crippen LogP contribution in [0.15, 0.2) is 12.4 Å². The first kappa shape index (κ1) is 15.0. The van der Waals surface area contributed by atoms with Crippen LogP contribution in [-0.2, 0) is 10.0 Å². The van der Waals surface area contributed by atoms with Crippen LogP contribution in [0.3, 0.4) is 0 Å². The minimum absolute atomic E-state index is 0.115. The van der Waals surface area contributed by atoms with Gasteiger partial charge in [-0.15, -0.1) is 0 Å². The zero-order chi connectivity index (χ0) is 14.8. The van der Waals surface area contributed by atoms with E-state index in [1.165, 1.54) is 10.6 Å². The molecular formula is C11H16F2N4O2S. The third kappa shape index (κ3) is 3.83. The van der Waals surface area contributed by atoms with Crippen molar-refractivity contribution < 1.29 is 17.2 Å². The lowest BCUT2D eigenvalue weighted by atomic mass is 10.1. The second-order valence-corrected chi connectivity index (χ2v) is 6.73. The van der Waals surface area contributed by atoms with E-state index in [9.17, 15) is 17.2 Å². The summed E-state index contributed by atoms with van der Waals surface area (Å²) in [6.07, 6.45) is 2.23. The van der Waals surface area contributed by atoms with Gasteiger partial charge >= 0.3 is 0 Å². The summed E-state index contributed by atoms with van der Waals surface area (Å²) in [5.41, 5.74) is -0.239. The van der Waals surface area contributed by atoms with Crippen LogP contribution >= 0.6 is 0 Å². The van der Waals surface area contributed by atoms with Crippen molar-refractivity contribution in [2.75, 3.05) is 24.7 Å². The Morgan fingerprint density at radius 3 is 2.60 bits per heavy atom. The van der Waals surface area contributed by atoms with Crippen LogP contribution in [0.2, 0.25) is 0 Å². The number of sulfonamides is 1. The van der Waals surface area contributed by atoms with E-state index in [0.717, 1.165) is 25.2 Å². The average molecular weight is 306 g/mol. The SMILES string of the molecule is CS(=O)(=O)N1CCCC(Nc2ncc(C(F)F)cn2)C1. The van der Waals surface area contributed by atoms with Gasteiger partial charge in [0.15, 0.2) is 0 Å². The fourth-order valence-electron chi connectivity index (χ4n) is 2.07. The van der Waals surface area contributed by atoms with E-state index >= 15 is 0 Å². The zero-order valence-electron chi connectivity index (χ0n) is 11.0. The monoisotopic (exact) mass is 306 g/mol. The van der Waals surface area contributed by atoms with E-state index in [4.69, 9.17) is 0 Å². The Hall–Kier alpha value is -1.35.